The van der Waals surface area contributed by atoms with E-state index in [9.17, 15) is 0 Å². The van der Waals surface area contributed by atoms with Crippen molar-refractivity contribution in [3.05, 3.63) is 0 Å². The first-order valence-electron chi connectivity index (χ1n) is 4.17. The van der Waals surface area contributed by atoms with Gasteiger partial charge in [-0.25, -0.2) is 0 Å². The molecule has 0 atom stereocenters. The Kier molecular flexibility index (Phi) is 3.15. The third-order valence-corrected chi connectivity index (χ3v) is 1.77. The van der Waals surface area contributed by atoms with Gasteiger partial charge in [0.1, 0.15) is 0 Å². The van der Waals surface area contributed by atoms with Crippen molar-refractivity contribution in [2.75, 3.05) is 13.1 Å². The van der Waals surface area contributed by atoms with E-state index in [1.807, 2.05) is 0 Å². The largest absolute Gasteiger partial charge is 0.333 e. The lowest BCUT2D eigenvalue weighted by Gasteiger charge is -2.21. The molecule has 1 fully saturated rings. The summed E-state index contributed by atoms with van der Waals surface area (Å²) in [4.78, 5) is 2.24. The number of nitrogens with zero attached hydrogens (tertiary/aromatic N) is 1. The SMILES string of the molecule is CCC#CN1CCCCC1. The quantitative estimate of drug-likeness (QED) is 0.460. The highest BCUT2D eigenvalue weighted by Crippen LogP contribution is 2.06. The summed E-state index contributed by atoms with van der Waals surface area (Å²) in [5, 5.41) is 0. The normalized spacial score (nSPS) is 17.9. The van der Waals surface area contributed by atoms with Crippen molar-refractivity contribution in [1.29, 1.82) is 0 Å². The van der Waals surface area contributed by atoms with Crippen LogP contribution in [0.5, 0.6) is 0 Å². The van der Waals surface area contributed by atoms with E-state index >= 15 is 0 Å². The molecule has 0 spiro atoms. The summed E-state index contributed by atoms with van der Waals surface area (Å²) in [6.45, 7) is 4.47. The van der Waals surface area contributed by atoms with Crippen LogP contribution in [0, 0.1) is 12.0 Å². The van der Waals surface area contributed by atoms with Gasteiger partial charge < -0.3 is 4.90 Å². The Labute approximate surface area is 63.4 Å². The molecular weight excluding hydrogens is 122 g/mol. The molecule has 0 amide bonds. The molecule has 0 aromatic carbocycles. The maximum absolute atomic E-state index is 3.15. The number of hydrogen-bond donors (Lipinski definition) is 0. The van der Waals surface area contributed by atoms with E-state index < -0.39 is 0 Å². The van der Waals surface area contributed by atoms with Crippen LogP contribution in [-0.4, -0.2) is 18.0 Å². The van der Waals surface area contributed by atoms with E-state index in [1.54, 1.807) is 0 Å². The van der Waals surface area contributed by atoms with Crippen molar-refractivity contribution in [2.24, 2.45) is 0 Å². The van der Waals surface area contributed by atoms with Gasteiger partial charge in [-0.3, -0.25) is 0 Å². The molecule has 0 saturated carbocycles. The van der Waals surface area contributed by atoms with Crippen LogP contribution in [0.4, 0.5) is 0 Å². The number of piperidine rings is 1. The highest BCUT2D eigenvalue weighted by molar-refractivity contribution is 4.98. The molecule has 0 N–H and O–H groups in total. The summed E-state index contributed by atoms with van der Waals surface area (Å²) in [7, 11) is 0. The Morgan fingerprint density at radius 2 is 1.90 bits per heavy atom. The molecule has 1 rings (SSSR count). The predicted octanol–water partition coefficient (Wildman–Crippen LogP) is 1.84. The Morgan fingerprint density at radius 1 is 1.20 bits per heavy atom. The van der Waals surface area contributed by atoms with Crippen molar-refractivity contribution < 1.29 is 0 Å². The van der Waals surface area contributed by atoms with Gasteiger partial charge in [0.2, 0.25) is 0 Å². The van der Waals surface area contributed by atoms with Gasteiger partial charge in [0, 0.05) is 25.6 Å². The van der Waals surface area contributed by atoms with Gasteiger partial charge in [0.05, 0.1) is 0 Å². The maximum atomic E-state index is 3.15. The lowest BCUT2D eigenvalue weighted by Crippen LogP contribution is -2.24. The first-order chi connectivity index (χ1) is 4.93. The molecule has 1 aliphatic rings. The fourth-order valence-electron chi connectivity index (χ4n) is 1.20. The van der Waals surface area contributed by atoms with E-state index in [2.05, 4.69) is 23.8 Å². The Bertz CT molecular complexity index is 135. The van der Waals surface area contributed by atoms with Crippen molar-refractivity contribution in [2.45, 2.75) is 32.6 Å². The third kappa shape index (κ3) is 2.31. The first-order valence-corrected chi connectivity index (χ1v) is 4.17. The van der Waals surface area contributed by atoms with Crippen LogP contribution in [-0.2, 0) is 0 Å². The number of likely N-dealkylation sites (tertiary alicyclic amines) is 1. The Hall–Kier alpha value is -0.640. The summed E-state index contributed by atoms with van der Waals surface area (Å²) in [5.74, 6) is 3.09. The lowest BCUT2D eigenvalue weighted by molar-refractivity contribution is 0.326. The fourth-order valence-corrected chi connectivity index (χ4v) is 1.20. The second-order valence-electron chi connectivity index (χ2n) is 2.69. The molecule has 1 nitrogen and oxygen atoms in total. The summed E-state index contributed by atoms with van der Waals surface area (Å²) >= 11 is 0. The van der Waals surface area contributed by atoms with Gasteiger partial charge in [0.25, 0.3) is 0 Å². The van der Waals surface area contributed by atoms with Gasteiger partial charge in [-0.05, 0) is 19.3 Å². The lowest BCUT2D eigenvalue weighted by atomic mass is 10.1. The fraction of sp³-hybridized carbons (Fsp3) is 0.778. The molecule has 56 valence electrons. The molecule has 1 heterocycles. The maximum Gasteiger partial charge on any atom is 0.0260 e. The van der Waals surface area contributed by atoms with Crippen molar-refractivity contribution in [3.8, 4) is 12.0 Å². The molecule has 10 heavy (non-hydrogen) atoms. The Morgan fingerprint density at radius 3 is 2.50 bits per heavy atom. The van der Waals surface area contributed by atoms with Gasteiger partial charge in [-0.1, -0.05) is 12.8 Å². The average molecular weight is 137 g/mol. The minimum absolute atomic E-state index is 0.983. The highest BCUT2D eigenvalue weighted by atomic mass is 15.1. The highest BCUT2D eigenvalue weighted by Gasteiger charge is 2.04. The molecule has 0 aliphatic carbocycles. The van der Waals surface area contributed by atoms with Gasteiger partial charge in [0.15, 0.2) is 0 Å². The van der Waals surface area contributed by atoms with Crippen LogP contribution in [0.1, 0.15) is 32.6 Å². The number of rotatable bonds is 0. The smallest absolute Gasteiger partial charge is 0.0260 e. The minimum atomic E-state index is 0.983. The topological polar surface area (TPSA) is 3.24 Å². The summed E-state index contributed by atoms with van der Waals surface area (Å²) in [6.07, 6.45) is 5.04. The molecule has 0 bridgehead atoms. The van der Waals surface area contributed by atoms with E-state index in [0.717, 1.165) is 6.42 Å². The van der Waals surface area contributed by atoms with Gasteiger partial charge >= 0.3 is 0 Å². The van der Waals surface area contributed by atoms with E-state index in [-0.39, 0.29) is 0 Å². The molecule has 0 aromatic rings. The summed E-state index contributed by atoms with van der Waals surface area (Å²) in [5.41, 5.74) is 0. The molecule has 1 aliphatic heterocycles. The minimum Gasteiger partial charge on any atom is -0.333 e. The van der Waals surface area contributed by atoms with Crippen molar-refractivity contribution in [1.82, 2.24) is 4.90 Å². The van der Waals surface area contributed by atoms with E-state index in [1.165, 1.54) is 32.4 Å². The average Bonchev–Trinajstić information content (AvgIpc) is 2.03. The van der Waals surface area contributed by atoms with Crippen molar-refractivity contribution >= 4 is 0 Å². The number of hydrogen-bond acceptors (Lipinski definition) is 1. The van der Waals surface area contributed by atoms with E-state index in [4.69, 9.17) is 0 Å². The second kappa shape index (κ2) is 4.22. The molecular formula is C9H15N. The van der Waals surface area contributed by atoms with Crippen LogP contribution in [0.3, 0.4) is 0 Å². The van der Waals surface area contributed by atoms with Crippen LogP contribution in [0.15, 0.2) is 0 Å². The monoisotopic (exact) mass is 137 g/mol. The molecule has 0 aromatic heterocycles. The molecule has 0 radical (unpaired) electrons. The van der Waals surface area contributed by atoms with Crippen molar-refractivity contribution in [3.63, 3.8) is 0 Å². The standard InChI is InChI=1S/C9H15N/c1-2-3-7-10-8-5-4-6-9-10/h2,4-6,8-9H2,1H3. The first kappa shape index (κ1) is 7.47. The van der Waals surface area contributed by atoms with Gasteiger partial charge in [-0.15, -0.1) is 0 Å². The third-order valence-electron chi connectivity index (χ3n) is 1.77. The van der Waals surface area contributed by atoms with Crippen LogP contribution in [0.25, 0.3) is 0 Å². The van der Waals surface area contributed by atoms with Gasteiger partial charge in [-0.2, -0.15) is 0 Å². The predicted molar refractivity (Wildman–Crippen MR) is 43.5 cm³/mol. The van der Waals surface area contributed by atoms with Crippen LogP contribution >= 0.6 is 0 Å². The zero-order valence-electron chi connectivity index (χ0n) is 6.69. The molecule has 1 saturated heterocycles. The molecule has 1 heteroatoms. The Balaban J connectivity index is 2.25. The molecule has 0 unspecified atom stereocenters. The summed E-state index contributed by atoms with van der Waals surface area (Å²) in [6, 6.07) is 3.15. The van der Waals surface area contributed by atoms with E-state index in [0.29, 0.717) is 0 Å². The zero-order chi connectivity index (χ0) is 7.23. The second-order valence-corrected chi connectivity index (χ2v) is 2.69. The zero-order valence-corrected chi connectivity index (χ0v) is 6.69. The van der Waals surface area contributed by atoms with Crippen LogP contribution in [0.2, 0.25) is 0 Å². The van der Waals surface area contributed by atoms with Crippen LogP contribution < -0.4 is 0 Å². The summed E-state index contributed by atoms with van der Waals surface area (Å²) < 4.78 is 0.